The van der Waals surface area contributed by atoms with Gasteiger partial charge in [0.1, 0.15) is 23.0 Å². The SMILES string of the molecule is CC(C)(COCCCCCCCCCCC(=O)O)C1=C(c2cccc(O)c2)OCC1(C)C.CC(C)(COCCCCCCCCCCC(=O)O)C1=C(c2cccc(O[Si](C)(C)C(C)(C)C)c2)OCC1(C)C. The maximum absolute atomic E-state index is 10.6. The number of aliphatic carboxylic acids is 2. The normalized spacial score (nSPS) is 15.8. The highest BCUT2D eigenvalue weighted by Crippen LogP contribution is 2.52. The van der Waals surface area contributed by atoms with Gasteiger partial charge in [-0.15, -0.1) is 0 Å². The van der Waals surface area contributed by atoms with Gasteiger partial charge in [-0.1, -0.05) is 177 Å². The molecule has 0 fully saturated rings. The van der Waals surface area contributed by atoms with Crippen LogP contribution in [0.4, 0.5) is 0 Å². The molecule has 0 unspecified atom stereocenters. The fourth-order valence-electron chi connectivity index (χ4n) is 9.99. The highest BCUT2D eigenvalue weighted by molar-refractivity contribution is 6.74. The highest BCUT2D eigenvalue weighted by Gasteiger charge is 2.45. The summed E-state index contributed by atoms with van der Waals surface area (Å²) in [5.41, 5.74) is 4.10. The van der Waals surface area contributed by atoms with Gasteiger partial charge in [-0.3, -0.25) is 9.59 Å². The molecular formula is C60H98O10Si. The highest BCUT2D eigenvalue weighted by atomic mass is 28.4. The van der Waals surface area contributed by atoms with Crippen molar-refractivity contribution in [3.05, 3.63) is 70.8 Å². The molecule has 11 heteroatoms. The molecule has 0 spiro atoms. The number of unbranched alkanes of at least 4 members (excludes halogenated alkanes) is 14. The summed E-state index contributed by atoms with van der Waals surface area (Å²) in [5, 5.41) is 27.4. The summed E-state index contributed by atoms with van der Waals surface area (Å²) in [5.74, 6) is 1.66. The third kappa shape index (κ3) is 20.9. The Labute approximate surface area is 431 Å². The Morgan fingerprint density at radius 1 is 0.563 bits per heavy atom. The number of phenolic OH excluding ortho intramolecular Hbond substituents is 1. The third-order valence-electron chi connectivity index (χ3n) is 14.5. The molecule has 0 bridgehead atoms. The summed E-state index contributed by atoms with van der Waals surface area (Å²) < 4.78 is 31.4. The molecule has 2 aromatic rings. The van der Waals surface area contributed by atoms with E-state index in [4.69, 9.17) is 33.6 Å². The van der Waals surface area contributed by atoms with E-state index in [1.165, 1.54) is 62.5 Å². The minimum absolute atomic E-state index is 0.0665. The predicted octanol–water partition coefficient (Wildman–Crippen LogP) is 16.3. The van der Waals surface area contributed by atoms with Gasteiger partial charge in [-0.05, 0) is 79.2 Å². The van der Waals surface area contributed by atoms with Crippen molar-refractivity contribution < 1.29 is 48.3 Å². The van der Waals surface area contributed by atoms with Gasteiger partial charge in [0.05, 0.1) is 26.4 Å². The molecule has 0 amide bonds. The summed E-state index contributed by atoms with van der Waals surface area (Å²) >= 11 is 0. The Hall–Kier alpha value is -3.80. The summed E-state index contributed by atoms with van der Waals surface area (Å²) in [6.45, 7) is 33.5. The van der Waals surface area contributed by atoms with E-state index in [9.17, 15) is 14.7 Å². The minimum atomic E-state index is -1.93. The van der Waals surface area contributed by atoms with E-state index in [1.54, 1.807) is 12.1 Å². The number of aromatic hydroxyl groups is 1. The van der Waals surface area contributed by atoms with Crippen molar-refractivity contribution in [1.29, 1.82) is 0 Å². The summed E-state index contributed by atoms with van der Waals surface area (Å²) in [4.78, 5) is 21.1. The fraction of sp³-hybridized carbons (Fsp3) is 0.700. The van der Waals surface area contributed by atoms with Crippen LogP contribution in [0.25, 0.3) is 11.5 Å². The zero-order chi connectivity index (χ0) is 52.9. The van der Waals surface area contributed by atoms with Crippen molar-refractivity contribution in [2.75, 3.05) is 39.6 Å². The summed E-state index contributed by atoms with van der Waals surface area (Å²) in [6.07, 6.45) is 18.2. The van der Waals surface area contributed by atoms with Crippen molar-refractivity contribution >= 4 is 31.8 Å². The number of hydrogen-bond acceptors (Lipinski definition) is 8. The van der Waals surface area contributed by atoms with Crippen LogP contribution in [0.3, 0.4) is 0 Å². The summed E-state index contributed by atoms with van der Waals surface area (Å²) in [6, 6.07) is 15.7. The lowest BCUT2D eigenvalue weighted by Crippen LogP contribution is -2.43. The van der Waals surface area contributed by atoms with Gasteiger partial charge in [0.15, 0.2) is 0 Å². The molecule has 71 heavy (non-hydrogen) atoms. The monoisotopic (exact) mass is 1010 g/mol. The molecule has 2 heterocycles. The van der Waals surface area contributed by atoms with E-state index in [0.29, 0.717) is 39.3 Å². The predicted molar refractivity (Wildman–Crippen MR) is 293 cm³/mol. The number of benzene rings is 2. The van der Waals surface area contributed by atoms with E-state index >= 15 is 0 Å². The van der Waals surface area contributed by atoms with Crippen molar-refractivity contribution in [2.45, 2.75) is 210 Å². The Bertz CT molecular complexity index is 2000. The lowest BCUT2D eigenvalue weighted by molar-refractivity contribution is -0.138. The van der Waals surface area contributed by atoms with Crippen molar-refractivity contribution in [2.24, 2.45) is 21.7 Å². The molecule has 0 aromatic heterocycles. The second-order valence-electron chi connectivity index (χ2n) is 24.5. The van der Waals surface area contributed by atoms with Gasteiger partial charge in [-0.25, -0.2) is 0 Å². The molecule has 10 nitrogen and oxygen atoms in total. The molecular weight excluding hydrogens is 909 g/mol. The second kappa shape index (κ2) is 28.6. The molecule has 0 radical (unpaired) electrons. The second-order valence-corrected chi connectivity index (χ2v) is 29.2. The molecule has 0 atom stereocenters. The lowest BCUT2D eigenvalue weighted by Gasteiger charge is -2.36. The molecule has 2 aliphatic heterocycles. The number of carbonyl (C=O) groups is 2. The quantitative estimate of drug-likeness (QED) is 0.0479. The number of carboxylic acids is 2. The van der Waals surface area contributed by atoms with Crippen LogP contribution in [0.1, 0.15) is 203 Å². The number of ether oxygens (including phenoxy) is 4. The van der Waals surface area contributed by atoms with E-state index in [0.717, 1.165) is 93.0 Å². The van der Waals surface area contributed by atoms with Crippen molar-refractivity contribution in [3.63, 3.8) is 0 Å². The van der Waals surface area contributed by atoms with Crippen molar-refractivity contribution in [1.82, 2.24) is 0 Å². The maximum Gasteiger partial charge on any atom is 0.303 e. The topological polar surface area (TPSA) is 141 Å². The average Bonchev–Trinajstić information content (AvgIpc) is 3.79. The minimum Gasteiger partial charge on any atom is -0.543 e. The molecule has 4 rings (SSSR count). The first kappa shape index (κ1) is 61.5. The van der Waals surface area contributed by atoms with Gasteiger partial charge < -0.3 is 38.7 Å². The van der Waals surface area contributed by atoms with Gasteiger partial charge >= 0.3 is 11.9 Å². The Kier molecular flexibility index (Phi) is 24.8. The Balaban J connectivity index is 0.000000383. The van der Waals surface area contributed by atoms with Gasteiger partial charge in [0.2, 0.25) is 8.32 Å². The van der Waals surface area contributed by atoms with E-state index < -0.39 is 20.3 Å². The molecule has 3 N–H and O–H groups in total. The van der Waals surface area contributed by atoms with Crippen LogP contribution in [0.15, 0.2) is 59.7 Å². The molecule has 0 aliphatic carbocycles. The molecule has 2 aliphatic rings. The van der Waals surface area contributed by atoms with Crippen LogP contribution in [-0.2, 0) is 28.5 Å². The average molecular weight is 1010 g/mol. The van der Waals surface area contributed by atoms with E-state index in [-0.39, 0.29) is 32.4 Å². The van der Waals surface area contributed by atoms with E-state index in [1.807, 2.05) is 12.1 Å². The van der Waals surface area contributed by atoms with E-state index in [2.05, 4.69) is 114 Å². The van der Waals surface area contributed by atoms with Gasteiger partial charge in [-0.2, -0.15) is 0 Å². The zero-order valence-electron chi connectivity index (χ0n) is 46.8. The van der Waals surface area contributed by atoms with Crippen molar-refractivity contribution in [3.8, 4) is 11.5 Å². The molecule has 2 aromatic carbocycles. The van der Waals surface area contributed by atoms with Crippen LogP contribution in [-0.4, -0.2) is 75.2 Å². The standard InChI is InChI=1S/C33H56O5Si.C27H42O5/c1-31(2,3)39(8,9)38-27-20-18-19-26(23-27)29-30(33(6,7)25-37-29)32(4,5)24-36-22-17-15-13-11-10-12-14-16-21-28(34)35;1-26(2,19-31-17-12-10-8-6-5-7-9-11-16-23(29)30)25-24(32-20-27(25,3)4)21-14-13-15-22(28)18-21/h18-20,23H,10-17,21-22,24-25H2,1-9H3,(H,34,35);13-15,18,28H,5-12,16-17,19-20H2,1-4H3,(H,29,30). The molecule has 402 valence electrons. The number of carboxylic acid groups (broad SMARTS) is 2. The van der Waals surface area contributed by atoms with Gasteiger partial charge in [0, 0.05) is 58.8 Å². The first-order valence-electron chi connectivity index (χ1n) is 27.1. The van der Waals surface area contributed by atoms with Crippen LogP contribution in [0.5, 0.6) is 11.5 Å². The Morgan fingerprint density at radius 2 is 0.930 bits per heavy atom. The zero-order valence-corrected chi connectivity index (χ0v) is 47.8. The number of phenols is 1. The Morgan fingerprint density at radius 3 is 1.31 bits per heavy atom. The molecule has 0 saturated heterocycles. The first-order chi connectivity index (χ1) is 33.2. The fourth-order valence-corrected chi connectivity index (χ4v) is 11.0. The van der Waals surface area contributed by atoms with Crippen LogP contribution >= 0.6 is 0 Å². The van der Waals surface area contributed by atoms with Crippen LogP contribution in [0.2, 0.25) is 18.1 Å². The van der Waals surface area contributed by atoms with Gasteiger partial charge in [0.25, 0.3) is 0 Å². The lowest BCUT2D eigenvalue weighted by atomic mass is 9.70. The maximum atomic E-state index is 10.6. The first-order valence-corrected chi connectivity index (χ1v) is 30.0. The number of hydrogen-bond donors (Lipinski definition) is 3. The smallest absolute Gasteiger partial charge is 0.303 e. The third-order valence-corrected chi connectivity index (χ3v) is 18.8. The van der Waals surface area contributed by atoms with Crippen LogP contribution < -0.4 is 4.43 Å². The van der Waals surface area contributed by atoms with Crippen LogP contribution in [0, 0.1) is 21.7 Å². The molecule has 0 saturated carbocycles. The number of rotatable bonds is 32. The summed E-state index contributed by atoms with van der Waals surface area (Å²) in [7, 11) is -1.93. The largest absolute Gasteiger partial charge is 0.543 e.